The summed E-state index contributed by atoms with van der Waals surface area (Å²) < 4.78 is 31.2. The summed E-state index contributed by atoms with van der Waals surface area (Å²) in [6.07, 6.45) is 1.73. The van der Waals surface area contributed by atoms with Gasteiger partial charge in [-0.2, -0.15) is 0 Å². The Bertz CT molecular complexity index is 578. The smallest absolute Gasteiger partial charge is 0.255 e. The topological polar surface area (TPSA) is 42.2 Å². The van der Waals surface area contributed by atoms with Gasteiger partial charge in [-0.15, -0.1) is 0 Å². The van der Waals surface area contributed by atoms with Crippen LogP contribution in [0.2, 0.25) is 0 Å². The molecule has 19 heavy (non-hydrogen) atoms. The molecule has 0 unspecified atom stereocenters. The van der Waals surface area contributed by atoms with Crippen molar-refractivity contribution in [2.75, 3.05) is 6.54 Å². The Balaban J connectivity index is 1.90. The Labute approximate surface area is 116 Å². The Hall–Kier alpha value is -1.69. The van der Waals surface area contributed by atoms with E-state index in [0.29, 0.717) is 22.2 Å². The Morgan fingerprint density at radius 1 is 1.26 bits per heavy atom. The van der Waals surface area contributed by atoms with Gasteiger partial charge in [0.25, 0.3) is 5.91 Å². The van der Waals surface area contributed by atoms with Gasteiger partial charge in [0.05, 0.1) is 11.8 Å². The van der Waals surface area contributed by atoms with Crippen molar-refractivity contribution in [3.63, 3.8) is 0 Å². The minimum atomic E-state index is -0.626. The van der Waals surface area contributed by atoms with E-state index in [4.69, 9.17) is 4.42 Å². The highest BCUT2D eigenvalue weighted by Crippen LogP contribution is 2.17. The zero-order chi connectivity index (χ0) is 13.8. The highest BCUT2D eigenvalue weighted by Gasteiger charge is 2.11. The Kier molecular flexibility index (Phi) is 4.31. The van der Waals surface area contributed by atoms with E-state index < -0.39 is 11.6 Å². The van der Waals surface area contributed by atoms with Crippen molar-refractivity contribution in [2.45, 2.75) is 6.42 Å². The summed E-state index contributed by atoms with van der Waals surface area (Å²) in [6, 6.07) is 4.82. The van der Waals surface area contributed by atoms with E-state index in [1.807, 2.05) is 0 Å². The SMILES string of the molecule is O=C(NCCc1cc(F)cc(F)c1)c1ccoc1Br. The Morgan fingerprint density at radius 2 is 1.95 bits per heavy atom. The molecule has 2 aromatic rings. The lowest BCUT2D eigenvalue weighted by Crippen LogP contribution is -2.25. The van der Waals surface area contributed by atoms with E-state index in [9.17, 15) is 13.6 Å². The number of amides is 1. The largest absolute Gasteiger partial charge is 0.457 e. The van der Waals surface area contributed by atoms with Gasteiger partial charge in [-0.3, -0.25) is 4.79 Å². The maximum Gasteiger partial charge on any atom is 0.255 e. The van der Waals surface area contributed by atoms with Gasteiger partial charge in [-0.05, 0) is 46.1 Å². The van der Waals surface area contributed by atoms with Crippen LogP contribution in [0, 0.1) is 11.6 Å². The van der Waals surface area contributed by atoms with Crippen LogP contribution in [0.15, 0.2) is 39.6 Å². The van der Waals surface area contributed by atoms with Crippen molar-refractivity contribution in [3.05, 3.63) is 58.0 Å². The van der Waals surface area contributed by atoms with Gasteiger partial charge in [0.15, 0.2) is 4.67 Å². The van der Waals surface area contributed by atoms with E-state index in [-0.39, 0.29) is 12.5 Å². The third kappa shape index (κ3) is 3.64. The monoisotopic (exact) mass is 329 g/mol. The minimum absolute atomic E-state index is 0.277. The van der Waals surface area contributed by atoms with Gasteiger partial charge in [-0.25, -0.2) is 8.78 Å². The van der Waals surface area contributed by atoms with E-state index in [0.717, 1.165) is 6.07 Å². The van der Waals surface area contributed by atoms with Crippen LogP contribution < -0.4 is 5.32 Å². The van der Waals surface area contributed by atoms with Gasteiger partial charge < -0.3 is 9.73 Å². The number of rotatable bonds is 4. The molecule has 1 N–H and O–H groups in total. The van der Waals surface area contributed by atoms with Crippen molar-refractivity contribution in [3.8, 4) is 0 Å². The first-order valence-corrected chi connectivity index (χ1v) is 6.32. The molecule has 0 aliphatic heterocycles. The van der Waals surface area contributed by atoms with Crippen LogP contribution in [0.1, 0.15) is 15.9 Å². The molecule has 0 bridgehead atoms. The molecular formula is C13H10BrF2NO2. The first-order chi connectivity index (χ1) is 9.06. The van der Waals surface area contributed by atoms with E-state index in [2.05, 4.69) is 21.2 Å². The van der Waals surface area contributed by atoms with Gasteiger partial charge in [0.1, 0.15) is 11.6 Å². The molecule has 1 aromatic heterocycles. The molecule has 0 saturated heterocycles. The number of nitrogens with one attached hydrogen (secondary N) is 1. The van der Waals surface area contributed by atoms with Crippen LogP contribution in [0.25, 0.3) is 0 Å². The highest BCUT2D eigenvalue weighted by molar-refractivity contribution is 9.10. The first kappa shape index (κ1) is 13.7. The second-order valence-electron chi connectivity index (χ2n) is 3.89. The summed E-state index contributed by atoms with van der Waals surface area (Å²) in [4.78, 5) is 11.7. The predicted octanol–water partition coefficient (Wildman–Crippen LogP) is 3.29. The maximum absolute atomic E-state index is 12.9. The van der Waals surface area contributed by atoms with Crippen molar-refractivity contribution in [2.24, 2.45) is 0 Å². The number of hydrogen-bond acceptors (Lipinski definition) is 2. The summed E-state index contributed by atoms with van der Waals surface area (Å²) in [5.41, 5.74) is 0.870. The minimum Gasteiger partial charge on any atom is -0.457 e. The van der Waals surface area contributed by atoms with Crippen LogP contribution in [-0.4, -0.2) is 12.5 Å². The fourth-order valence-corrected chi connectivity index (χ4v) is 2.05. The molecule has 100 valence electrons. The number of hydrogen-bond donors (Lipinski definition) is 1. The standard InChI is InChI=1S/C13H10BrF2NO2/c14-12-11(2-4-19-12)13(18)17-3-1-8-5-9(15)7-10(16)6-8/h2,4-7H,1,3H2,(H,17,18). The van der Waals surface area contributed by atoms with Crippen LogP contribution in [0.5, 0.6) is 0 Å². The quantitative estimate of drug-likeness (QED) is 0.935. The van der Waals surface area contributed by atoms with Crippen LogP contribution in [-0.2, 0) is 6.42 Å². The molecule has 0 radical (unpaired) electrons. The molecule has 6 heteroatoms. The summed E-state index contributed by atoms with van der Waals surface area (Å²) in [5.74, 6) is -1.56. The zero-order valence-corrected chi connectivity index (χ0v) is 11.3. The molecule has 0 aliphatic rings. The average Bonchev–Trinajstić information content (AvgIpc) is 2.74. The second kappa shape index (κ2) is 5.97. The summed E-state index contributed by atoms with van der Waals surface area (Å²) in [7, 11) is 0. The van der Waals surface area contributed by atoms with E-state index in [1.165, 1.54) is 24.5 Å². The fourth-order valence-electron chi connectivity index (χ4n) is 1.63. The fraction of sp³-hybridized carbons (Fsp3) is 0.154. The lowest BCUT2D eigenvalue weighted by atomic mass is 10.1. The third-order valence-corrected chi connectivity index (χ3v) is 3.10. The predicted molar refractivity (Wildman–Crippen MR) is 68.8 cm³/mol. The third-order valence-electron chi connectivity index (χ3n) is 2.48. The number of carbonyl (C=O) groups excluding carboxylic acids is 1. The van der Waals surface area contributed by atoms with Crippen LogP contribution in [0.3, 0.4) is 0 Å². The molecule has 0 saturated carbocycles. The molecule has 1 aromatic carbocycles. The molecule has 2 rings (SSSR count). The lowest BCUT2D eigenvalue weighted by Gasteiger charge is -2.05. The molecule has 1 heterocycles. The summed E-state index contributed by atoms with van der Waals surface area (Å²) >= 11 is 3.10. The van der Waals surface area contributed by atoms with Gasteiger partial charge in [0.2, 0.25) is 0 Å². The molecule has 3 nitrogen and oxygen atoms in total. The van der Waals surface area contributed by atoms with Crippen LogP contribution in [0.4, 0.5) is 8.78 Å². The number of carbonyl (C=O) groups is 1. The average molecular weight is 330 g/mol. The highest BCUT2D eigenvalue weighted by atomic mass is 79.9. The van der Waals surface area contributed by atoms with Crippen LogP contribution >= 0.6 is 15.9 Å². The van der Waals surface area contributed by atoms with Gasteiger partial charge in [-0.1, -0.05) is 0 Å². The summed E-state index contributed by atoms with van der Waals surface area (Å²) in [5, 5.41) is 2.64. The molecule has 0 aliphatic carbocycles. The molecule has 0 fully saturated rings. The molecule has 0 atom stereocenters. The number of furan rings is 1. The lowest BCUT2D eigenvalue weighted by molar-refractivity contribution is 0.0952. The summed E-state index contributed by atoms with van der Waals surface area (Å²) in [6.45, 7) is 0.277. The first-order valence-electron chi connectivity index (χ1n) is 5.52. The van der Waals surface area contributed by atoms with Crippen molar-refractivity contribution < 1.29 is 18.0 Å². The maximum atomic E-state index is 12.9. The van der Waals surface area contributed by atoms with Gasteiger partial charge in [0, 0.05) is 12.6 Å². The van der Waals surface area contributed by atoms with E-state index in [1.54, 1.807) is 0 Å². The van der Waals surface area contributed by atoms with Crippen molar-refractivity contribution in [1.82, 2.24) is 5.32 Å². The molecular weight excluding hydrogens is 320 g/mol. The van der Waals surface area contributed by atoms with Crippen molar-refractivity contribution >= 4 is 21.8 Å². The van der Waals surface area contributed by atoms with Crippen molar-refractivity contribution in [1.29, 1.82) is 0 Å². The molecule has 1 amide bonds. The number of halogens is 3. The second-order valence-corrected chi connectivity index (χ2v) is 4.61. The zero-order valence-electron chi connectivity index (χ0n) is 9.75. The molecule has 0 spiro atoms. The van der Waals surface area contributed by atoms with E-state index >= 15 is 0 Å². The normalized spacial score (nSPS) is 10.5. The Morgan fingerprint density at radius 3 is 2.53 bits per heavy atom. The number of benzene rings is 1. The van der Waals surface area contributed by atoms with Gasteiger partial charge >= 0.3 is 0 Å².